The zero-order valence-corrected chi connectivity index (χ0v) is 10.6. The first-order valence-corrected chi connectivity index (χ1v) is 6.31. The molecule has 0 radical (unpaired) electrons. The average molecular weight is 280 g/mol. The first kappa shape index (κ1) is 13.5. The fourth-order valence-electron chi connectivity index (χ4n) is 1.43. The van der Waals surface area contributed by atoms with Gasteiger partial charge in [0.05, 0.1) is 0 Å². The Morgan fingerprint density at radius 2 is 1.89 bits per heavy atom. The highest BCUT2D eigenvalue weighted by molar-refractivity contribution is 7.10. The SMILES string of the molecule is OCC#Cc1csc(COc2cc(F)cc(F)c2)c1. The Bertz CT molecular complexity index is 606. The molecule has 0 saturated heterocycles. The molecule has 0 unspecified atom stereocenters. The van der Waals surface area contributed by atoms with Crippen LogP contribution in [0.15, 0.2) is 29.6 Å². The molecule has 0 aliphatic rings. The van der Waals surface area contributed by atoms with Gasteiger partial charge in [-0.2, -0.15) is 0 Å². The predicted octanol–water partition coefficient (Wildman–Crippen LogP) is 2.95. The van der Waals surface area contributed by atoms with Gasteiger partial charge in [0, 0.05) is 34.0 Å². The van der Waals surface area contributed by atoms with Crippen molar-refractivity contribution in [3.8, 4) is 17.6 Å². The third-order valence-electron chi connectivity index (χ3n) is 2.18. The van der Waals surface area contributed by atoms with E-state index in [-0.39, 0.29) is 19.0 Å². The van der Waals surface area contributed by atoms with E-state index >= 15 is 0 Å². The topological polar surface area (TPSA) is 29.5 Å². The van der Waals surface area contributed by atoms with Crippen molar-refractivity contribution in [2.45, 2.75) is 6.61 Å². The number of aliphatic hydroxyl groups is 1. The summed E-state index contributed by atoms with van der Waals surface area (Å²) in [6.45, 7) is 0.0264. The number of hydrogen-bond acceptors (Lipinski definition) is 3. The zero-order chi connectivity index (χ0) is 13.7. The van der Waals surface area contributed by atoms with Crippen LogP contribution in [0.4, 0.5) is 8.78 Å². The van der Waals surface area contributed by atoms with Gasteiger partial charge in [0.2, 0.25) is 0 Å². The van der Waals surface area contributed by atoms with E-state index in [1.165, 1.54) is 11.3 Å². The van der Waals surface area contributed by atoms with Gasteiger partial charge in [-0.1, -0.05) is 11.8 Å². The zero-order valence-electron chi connectivity index (χ0n) is 9.82. The van der Waals surface area contributed by atoms with Crippen LogP contribution in [0.1, 0.15) is 10.4 Å². The van der Waals surface area contributed by atoms with Crippen LogP contribution in [0.25, 0.3) is 0 Å². The van der Waals surface area contributed by atoms with Crippen LogP contribution in [-0.4, -0.2) is 11.7 Å². The summed E-state index contributed by atoms with van der Waals surface area (Å²) in [5, 5.41) is 10.4. The second kappa shape index (κ2) is 6.32. The summed E-state index contributed by atoms with van der Waals surface area (Å²) in [7, 11) is 0. The van der Waals surface area contributed by atoms with E-state index in [1.807, 2.05) is 11.4 Å². The number of aliphatic hydroxyl groups excluding tert-OH is 1. The number of ether oxygens (including phenoxy) is 1. The quantitative estimate of drug-likeness (QED) is 0.876. The van der Waals surface area contributed by atoms with E-state index in [0.29, 0.717) is 0 Å². The molecule has 2 aromatic rings. The maximum Gasteiger partial charge on any atom is 0.129 e. The summed E-state index contributed by atoms with van der Waals surface area (Å²) in [4.78, 5) is 0.881. The monoisotopic (exact) mass is 280 g/mol. The molecule has 0 fully saturated rings. The van der Waals surface area contributed by atoms with Crippen molar-refractivity contribution < 1.29 is 18.6 Å². The Morgan fingerprint density at radius 1 is 1.16 bits per heavy atom. The Morgan fingerprint density at radius 3 is 2.58 bits per heavy atom. The third kappa shape index (κ3) is 4.05. The second-order valence-electron chi connectivity index (χ2n) is 3.66. The Kier molecular flexibility index (Phi) is 4.50. The van der Waals surface area contributed by atoms with Crippen molar-refractivity contribution >= 4 is 11.3 Å². The number of rotatable bonds is 3. The Hall–Kier alpha value is -1.90. The fraction of sp³-hybridized carbons (Fsp3) is 0.143. The molecule has 0 spiro atoms. The van der Waals surface area contributed by atoms with E-state index in [9.17, 15) is 8.78 Å². The molecule has 5 heteroatoms. The highest BCUT2D eigenvalue weighted by atomic mass is 32.1. The lowest BCUT2D eigenvalue weighted by Crippen LogP contribution is -1.94. The van der Waals surface area contributed by atoms with Gasteiger partial charge in [0.25, 0.3) is 0 Å². The lowest BCUT2D eigenvalue weighted by atomic mass is 10.3. The standard InChI is InChI=1S/C14H10F2O2S/c15-11-5-12(16)7-13(6-11)18-8-14-4-10(9-19-14)2-1-3-17/h4-7,9,17H,3,8H2. The minimum Gasteiger partial charge on any atom is -0.488 e. The Balaban J connectivity index is 2.00. The van der Waals surface area contributed by atoms with E-state index in [0.717, 1.165) is 28.6 Å². The molecule has 1 aromatic carbocycles. The maximum atomic E-state index is 12.9. The second-order valence-corrected chi connectivity index (χ2v) is 4.65. The molecule has 2 rings (SSSR count). The smallest absolute Gasteiger partial charge is 0.129 e. The van der Waals surface area contributed by atoms with Crippen LogP contribution >= 0.6 is 11.3 Å². The first-order valence-electron chi connectivity index (χ1n) is 5.43. The molecule has 1 N–H and O–H groups in total. The van der Waals surface area contributed by atoms with E-state index < -0.39 is 11.6 Å². The fourth-order valence-corrected chi connectivity index (χ4v) is 2.16. The molecule has 1 aromatic heterocycles. The van der Waals surface area contributed by atoms with Crippen LogP contribution in [0, 0.1) is 23.5 Å². The molecule has 0 aliphatic carbocycles. The molecule has 1 heterocycles. The van der Waals surface area contributed by atoms with Crippen molar-refractivity contribution in [3.63, 3.8) is 0 Å². The maximum absolute atomic E-state index is 12.9. The minimum absolute atomic E-state index is 0.147. The van der Waals surface area contributed by atoms with Crippen LogP contribution in [-0.2, 0) is 6.61 Å². The largest absolute Gasteiger partial charge is 0.488 e. The summed E-state index contributed by atoms with van der Waals surface area (Å²) in [6.07, 6.45) is 0. The van der Waals surface area contributed by atoms with Gasteiger partial charge in [-0.3, -0.25) is 0 Å². The van der Waals surface area contributed by atoms with E-state index in [1.54, 1.807) is 0 Å². The van der Waals surface area contributed by atoms with Crippen LogP contribution in [0.3, 0.4) is 0 Å². The van der Waals surface area contributed by atoms with Gasteiger partial charge in [-0.05, 0) is 6.07 Å². The average Bonchev–Trinajstić information content (AvgIpc) is 2.81. The summed E-state index contributed by atoms with van der Waals surface area (Å²) in [6, 6.07) is 4.86. The van der Waals surface area contributed by atoms with Gasteiger partial charge in [-0.25, -0.2) is 8.78 Å². The molecule has 0 saturated carbocycles. The number of halogens is 2. The molecule has 0 atom stereocenters. The normalized spacial score (nSPS) is 9.84. The van der Waals surface area contributed by atoms with Crippen molar-refractivity contribution in [2.75, 3.05) is 6.61 Å². The predicted molar refractivity (Wildman–Crippen MR) is 69.0 cm³/mol. The summed E-state index contributed by atoms with van der Waals surface area (Å²) >= 11 is 1.43. The first-order chi connectivity index (χ1) is 9.17. The third-order valence-corrected chi connectivity index (χ3v) is 3.09. The molecular formula is C14H10F2O2S. The molecule has 0 amide bonds. The number of benzene rings is 1. The lowest BCUT2D eigenvalue weighted by Gasteiger charge is -2.04. The van der Waals surface area contributed by atoms with Gasteiger partial charge >= 0.3 is 0 Å². The van der Waals surface area contributed by atoms with Gasteiger partial charge in [-0.15, -0.1) is 11.3 Å². The van der Waals surface area contributed by atoms with Crippen molar-refractivity contribution in [1.29, 1.82) is 0 Å². The molecule has 0 aliphatic heterocycles. The summed E-state index contributed by atoms with van der Waals surface area (Å²) in [5.41, 5.74) is 0.781. The van der Waals surface area contributed by atoms with Crippen molar-refractivity contribution in [3.05, 3.63) is 51.7 Å². The van der Waals surface area contributed by atoms with Crippen LogP contribution in [0.2, 0.25) is 0 Å². The highest BCUT2D eigenvalue weighted by Crippen LogP contribution is 2.19. The van der Waals surface area contributed by atoms with Crippen molar-refractivity contribution in [1.82, 2.24) is 0 Å². The molecule has 2 nitrogen and oxygen atoms in total. The minimum atomic E-state index is -0.671. The molecule has 0 bridgehead atoms. The number of thiophene rings is 1. The van der Waals surface area contributed by atoms with E-state index in [4.69, 9.17) is 9.84 Å². The summed E-state index contributed by atoms with van der Waals surface area (Å²) in [5.74, 6) is 4.11. The lowest BCUT2D eigenvalue weighted by molar-refractivity contribution is 0.306. The molecule has 98 valence electrons. The number of hydrogen-bond donors (Lipinski definition) is 1. The molecule has 19 heavy (non-hydrogen) atoms. The van der Waals surface area contributed by atoms with Crippen LogP contribution in [0.5, 0.6) is 5.75 Å². The highest BCUT2D eigenvalue weighted by Gasteiger charge is 2.03. The Labute approximate surface area is 113 Å². The van der Waals surface area contributed by atoms with E-state index in [2.05, 4.69) is 11.8 Å². The van der Waals surface area contributed by atoms with Gasteiger partial charge in [0.1, 0.15) is 30.6 Å². The van der Waals surface area contributed by atoms with Crippen LogP contribution < -0.4 is 4.74 Å². The van der Waals surface area contributed by atoms with Gasteiger partial charge in [0.15, 0.2) is 0 Å². The summed E-state index contributed by atoms with van der Waals surface area (Å²) < 4.78 is 31.2. The molecular weight excluding hydrogens is 270 g/mol. The van der Waals surface area contributed by atoms with Crippen molar-refractivity contribution in [2.24, 2.45) is 0 Å². The van der Waals surface area contributed by atoms with Gasteiger partial charge < -0.3 is 9.84 Å².